The average Bonchev–Trinajstić information content (AvgIpc) is 1.61. The molecule has 0 spiro atoms. The zero-order chi connectivity index (χ0) is 6.85. The number of ether oxygens (including phenoxy) is 1. The van der Waals surface area contributed by atoms with Gasteiger partial charge in [-0.15, -0.1) is 0 Å². The molecule has 2 unspecified atom stereocenters. The van der Waals surface area contributed by atoms with E-state index in [-0.39, 0.29) is 0 Å². The molecule has 1 fully saturated rings. The summed E-state index contributed by atoms with van der Waals surface area (Å²) >= 11 is 0. The predicted octanol–water partition coefficient (Wildman–Crippen LogP) is 2.07. The van der Waals surface area contributed by atoms with Gasteiger partial charge in [0, 0.05) is 7.11 Å². The smallest absolute Gasteiger partial charge is 0.0602 e. The summed E-state index contributed by atoms with van der Waals surface area (Å²) in [6.07, 6.45) is 3.22. The summed E-state index contributed by atoms with van der Waals surface area (Å²) in [5.74, 6) is 1.65. The van der Waals surface area contributed by atoms with Crippen LogP contribution in [-0.4, -0.2) is 13.2 Å². The fourth-order valence-electron chi connectivity index (χ4n) is 1.55. The highest BCUT2D eigenvalue weighted by Gasteiger charge is 2.32. The van der Waals surface area contributed by atoms with Crippen LogP contribution in [0, 0.1) is 11.8 Å². The van der Waals surface area contributed by atoms with Gasteiger partial charge in [-0.2, -0.15) is 0 Å². The van der Waals surface area contributed by atoms with Crippen molar-refractivity contribution in [3.05, 3.63) is 0 Å². The van der Waals surface area contributed by atoms with Gasteiger partial charge in [0.05, 0.1) is 6.10 Å². The van der Waals surface area contributed by atoms with Crippen molar-refractivity contribution < 1.29 is 4.74 Å². The first kappa shape index (κ1) is 7.07. The Morgan fingerprint density at radius 1 is 1.33 bits per heavy atom. The van der Waals surface area contributed by atoms with Gasteiger partial charge in [-0.05, 0) is 24.7 Å². The van der Waals surface area contributed by atoms with E-state index in [9.17, 15) is 0 Å². The largest absolute Gasteiger partial charge is 0.381 e. The molecule has 9 heavy (non-hydrogen) atoms. The highest BCUT2D eigenvalue weighted by atomic mass is 16.5. The molecule has 1 heteroatoms. The van der Waals surface area contributed by atoms with Gasteiger partial charge in [-0.25, -0.2) is 0 Å². The lowest BCUT2D eigenvalue weighted by Gasteiger charge is -2.38. The second-order valence-corrected chi connectivity index (χ2v) is 3.26. The molecule has 0 saturated heterocycles. The van der Waals surface area contributed by atoms with Crippen LogP contribution in [0.4, 0.5) is 0 Å². The van der Waals surface area contributed by atoms with E-state index in [1.54, 1.807) is 0 Å². The first-order chi connectivity index (χ1) is 4.25. The Labute approximate surface area is 57.4 Å². The van der Waals surface area contributed by atoms with Gasteiger partial charge in [0.1, 0.15) is 0 Å². The van der Waals surface area contributed by atoms with Crippen LogP contribution in [0.3, 0.4) is 0 Å². The van der Waals surface area contributed by atoms with E-state index in [1.807, 2.05) is 7.11 Å². The third kappa shape index (κ3) is 1.26. The van der Waals surface area contributed by atoms with Crippen molar-refractivity contribution in [1.29, 1.82) is 0 Å². The van der Waals surface area contributed by atoms with Crippen LogP contribution >= 0.6 is 0 Å². The molecule has 0 heterocycles. The first-order valence-corrected chi connectivity index (χ1v) is 3.78. The van der Waals surface area contributed by atoms with Crippen molar-refractivity contribution in [3.8, 4) is 0 Å². The molecule has 0 bridgehead atoms. The van der Waals surface area contributed by atoms with Crippen molar-refractivity contribution in [3.63, 3.8) is 0 Å². The molecule has 1 nitrogen and oxygen atoms in total. The maximum atomic E-state index is 5.26. The maximum Gasteiger partial charge on any atom is 0.0602 e. The predicted molar refractivity (Wildman–Crippen MR) is 38.4 cm³/mol. The van der Waals surface area contributed by atoms with Gasteiger partial charge in [-0.1, -0.05) is 13.8 Å². The second kappa shape index (κ2) is 2.70. The number of hydrogen-bond donors (Lipinski definition) is 0. The van der Waals surface area contributed by atoms with Crippen LogP contribution in [0.15, 0.2) is 0 Å². The molecule has 54 valence electrons. The van der Waals surface area contributed by atoms with Gasteiger partial charge in [0.15, 0.2) is 0 Å². The molecule has 2 atom stereocenters. The van der Waals surface area contributed by atoms with Crippen molar-refractivity contribution in [1.82, 2.24) is 0 Å². The molecule has 0 N–H and O–H groups in total. The van der Waals surface area contributed by atoms with Crippen molar-refractivity contribution in [2.75, 3.05) is 7.11 Å². The van der Waals surface area contributed by atoms with Gasteiger partial charge < -0.3 is 4.74 Å². The SMILES string of the molecule is COC1CCC1C(C)C. The normalized spacial score (nSPS) is 34.7. The molecular formula is C8H16O. The minimum Gasteiger partial charge on any atom is -0.381 e. The van der Waals surface area contributed by atoms with Gasteiger partial charge in [-0.3, -0.25) is 0 Å². The highest BCUT2D eigenvalue weighted by molar-refractivity contribution is 4.83. The molecule has 1 rings (SSSR count). The van der Waals surface area contributed by atoms with Crippen molar-refractivity contribution in [2.24, 2.45) is 11.8 Å². The maximum absolute atomic E-state index is 5.26. The number of rotatable bonds is 2. The van der Waals surface area contributed by atoms with Crippen molar-refractivity contribution in [2.45, 2.75) is 32.8 Å². The van der Waals surface area contributed by atoms with Crippen LogP contribution in [0.2, 0.25) is 0 Å². The topological polar surface area (TPSA) is 9.23 Å². The summed E-state index contributed by atoms with van der Waals surface area (Å²) < 4.78 is 5.26. The lowest BCUT2D eigenvalue weighted by atomic mass is 9.75. The summed E-state index contributed by atoms with van der Waals surface area (Å²) in [6, 6.07) is 0. The van der Waals surface area contributed by atoms with Crippen LogP contribution in [-0.2, 0) is 4.74 Å². The first-order valence-electron chi connectivity index (χ1n) is 3.78. The Balaban J connectivity index is 2.27. The summed E-state index contributed by atoms with van der Waals surface area (Å²) in [4.78, 5) is 0. The van der Waals surface area contributed by atoms with E-state index < -0.39 is 0 Å². The van der Waals surface area contributed by atoms with Crippen LogP contribution in [0.5, 0.6) is 0 Å². The van der Waals surface area contributed by atoms with E-state index in [0.717, 1.165) is 11.8 Å². The minimum absolute atomic E-state index is 0.574. The summed E-state index contributed by atoms with van der Waals surface area (Å²) in [5, 5.41) is 0. The lowest BCUT2D eigenvalue weighted by Crippen LogP contribution is -2.36. The van der Waals surface area contributed by atoms with E-state index in [0.29, 0.717) is 6.10 Å². The zero-order valence-corrected chi connectivity index (χ0v) is 6.55. The molecule has 1 aliphatic carbocycles. The van der Waals surface area contributed by atoms with E-state index in [2.05, 4.69) is 13.8 Å². The summed E-state index contributed by atoms with van der Waals surface area (Å²) in [5.41, 5.74) is 0. The van der Waals surface area contributed by atoms with Crippen LogP contribution < -0.4 is 0 Å². The molecule has 1 saturated carbocycles. The molecule has 1 aliphatic rings. The third-order valence-electron chi connectivity index (χ3n) is 2.42. The van der Waals surface area contributed by atoms with Crippen LogP contribution in [0.1, 0.15) is 26.7 Å². The van der Waals surface area contributed by atoms with E-state index in [1.165, 1.54) is 12.8 Å². The second-order valence-electron chi connectivity index (χ2n) is 3.26. The third-order valence-corrected chi connectivity index (χ3v) is 2.42. The highest BCUT2D eigenvalue weighted by Crippen LogP contribution is 2.35. The summed E-state index contributed by atoms with van der Waals surface area (Å²) in [6.45, 7) is 4.55. The molecule has 0 aromatic carbocycles. The Bertz CT molecular complexity index is 86.6. The Morgan fingerprint density at radius 3 is 2.11 bits per heavy atom. The molecule has 0 aromatic heterocycles. The Morgan fingerprint density at radius 2 is 2.00 bits per heavy atom. The standard InChI is InChI=1S/C8H16O/c1-6(2)7-4-5-8(7)9-3/h6-8H,4-5H2,1-3H3. The van der Waals surface area contributed by atoms with Gasteiger partial charge in [0.25, 0.3) is 0 Å². The van der Waals surface area contributed by atoms with Gasteiger partial charge in [0.2, 0.25) is 0 Å². The molecule has 0 radical (unpaired) electrons. The fourth-order valence-corrected chi connectivity index (χ4v) is 1.55. The molecule has 0 aliphatic heterocycles. The average molecular weight is 128 g/mol. The Hall–Kier alpha value is -0.0400. The Kier molecular flexibility index (Phi) is 2.12. The van der Waals surface area contributed by atoms with E-state index in [4.69, 9.17) is 4.74 Å². The lowest BCUT2D eigenvalue weighted by molar-refractivity contribution is -0.0361. The monoisotopic (exact) mass is 128 g/mol. The fraction of sp³-hybridized carbons (Fsp3) is 1.00. The molecular weight excluding hydrogens is 112 g/mol. The van der Waals surface area contributed by atoms with Crippen LogP contribution in [0.25, 0.3) is 0 Å². The van der Waals surface area contributed by atoms with E-state index >= 15 is 0 Å². The zero-order valence-electron chi connectivity index (χ0n) is 6.55. The summed E-state index contributed by atoms with van der Waals surface area (Å²) in [7, 11) is 1.82. The molecule has 0 aromatic rings. The minimum atomic E-state index is 0.574. The molecule has 0 amide bonds. The number of methoxy groups -OCH3 is 1. The van der Waals surface area contributed by atoms with Gasteiger partial charge >= 0.3 is 0 Å². The van der Waals surface area contributed by atoms with Crippen molar-refractivity contribution >= 4 is 0 Å². The number of hydrogen-bond acceptors (Lipinski definition) is 1. The quantitative estimate of drug-likeness (QED) is 0.553.